The van der Waals surface area contributed by atoms with Gasteiger partial charge in [-0.15, -0.1) is 0 Å². The number of aromatic carboxylic acids is 2. The molecule has 0 amide bonds. The highest BCUT2D eigenvalue weighted by Crippen LogP contribution is 2.37. The molecule has 4 aromatic carbocycles. The molecule has 0 radical (unpaired) electrons. The van der Waals surface area contributed by atoms with E-state index in [0.29, 0.717) is 11.7 Å². The average molecular weight is 681 g/mol. The molecule has 7 nitrogen and oxygen atoms in total. The summed E-state index contributed by atoms with van der Waals surface area (Å²) in [6.45, 7) is 11.0. The van der Waals surface area contributed by atoms with Crippen molar-refractivity contribution in [1.82, 2.24) is 0 Å². The highest BCUT2D eigenvalue weighted by molar-refractivity contribution is 6.04. The minimum atomic E-state index is -1.39. The van der Waals surface area contributed by atoms with Gasteiger partial charge in [0.2, 0.25) is 0 Å². The molecule has 50 heavy (non-hydrogen) atoms. The second-order valence-electron chi connectivity index (χ2n) is 13.8. The molecular weight excluding hydrogens is 628 g/mol. The van der Waals surface area contributed by atoms with Crippen molar-refractivity contribution in [3.63, 3.8) is 0 Å². The average Bonchev–Trinajstić information content (AvgIpc) is 3.09. The molecule has 4 rings (SSSR count). The predicted octanol–water partition coefficient (Wildman–Crippen LogP) is 11.1. The third-order valence-electron chi connectivity index (χ3n) is 9.31. The fourth-order valence-corrected chi connectivity index (χ4v) is 5.99. The zero-order valence-corrected chi connectivity index (χ0v) is 30.1. The lowest BCUT2D eigenvalue weighted by Crippen LogP contribution is -2.25. The van der Waals surface area contributed by atoms with E-state index in [-0.39, 0.29) is 35.7 Å². The quantitative estimate of drug-likeness (QED) is 0.0957. The van der Waals surface area contributed by atoms with E-state index < -0.39 is 17.5 Å². The van der Waals surface area contributed by atoms with Crippen molar-refractivity contribution in [1.29, 1.82) is 0 Å². The molecule has 0 aliphatic rings. The summed E-state index contributed by atoms with van der Waals surface area (Å²) in [4.78, 5) is 24.5. The minimum Gasteiger partial charge on any atom is -0.486 e. The van der Waals surface area contributed by atoms with Crippen molar-refractivity contribution in [2.45, 2.75) is 92.3 Å². The first kappa shape index (κ1) is 38.0. The maximum atomic E-state index is 12.4. The van der Waals surface area contributed by atoms with Gasteiger partial charge in [0, 0.05) is 0 Å². The Morgan fingerprint density at radius 1 is 0.680 bits per heavy atom. The van der Waals surface area contributed by atoms with Crippen molar-refractivity contribution in [2.75, 3.05) is 0 Å². The van der Waals surface area contributed by atoms with Crippen LogP contribution < -0.4 is 14.2 Å². The standard InChI is InChI=1S/C43H52O7/c1-6-30(4)12-10-13-31(5)18-24-38(29(2)3)50-39-25-23-37(42(44)45)40(43(46)47)41(39)48-28-33-19-21-35(22-20-33)49-36-17-11-16-34(27-36)26-32-14-8-7-9-15-32/h7-9,11,14-17,19-23,25,27,29-31,38H,6,10,12-13,18,24,26,28H2,1-5H3,(H,44,45)(H,46,47). The molecule has 0 fully saturated rings. The SMILES string of the molecule is CCC(C)CCCC(C)CCC(Oc1ccc(C(=O)O)c(C(=O)O)c1OCc1ccc(Oc2cccc(Cc3ccccc3)c2)cc1)C(C)C. The topological polar surface area (TPSA) is 102 Å². The molecule has 2 N–H and O–H groups in total. The van der Waals surface area contributed by atoms with Gasteiger partial charge in [-0.3, -0.25) is 0 Å². The summed E-state index contributed by atoms with van der Waals surface area (Å²) >= 11 is 0. The van der Waals surface area contributed by atoms with Crippen LogP contribution in [0.5, 0.6) is 23.0 Å². The molecule has 0 aliphatic carbocycles. The van der Waals surface area contributed by atoms with Gasteiger partial charge in [-0.2, -0.15) is 0 Å². The van der Waals surface area contributed by atoms with Crippen LogP contribution in [0.15, 0.2) is 91.0 Å². The van der Waals surface area contributed by atoms with E-state index in [4.69, 9.17) is 14.2 Å². The van der Waals surface area contributed by atoms with Crippen LogP contribution in [0.4, 0.5) is 0 Å². The van der Waals surface area contributed by atoms with Gasteiger partial charge in [0.1, 0.15) is 29.8 Å². The van der Waals surface area contributed by atoms with Crippen molar-refractivity contribution in [3.8, 4) is 23.0 Å². The van der Waals surface area contributed by atoms with E-state index in [1.54, 1.807) is 0 Å². The lowest BCUT2D eigenvalue weighted by molar-refractivity contribution is 0.0644. The molecule has 266 valence electrons. The number of hydrogen-bond donors (Lipinski definition) is 2. The summed E-state index contributed by atoms with van der Waals surface area (Å²) in [5.74, 6) is 0.193. The second-order valence-corrected chi connectivity index (χ2v) is 13.8. The van der Waals surface area contributed by atoms with E-state index >= 15 is 0 Å². The molecule has 4 aromatic rings. The Balaban J connectivity index is 1.46. The Labute approximate surface area is 297 Å². The summed E-state index contributed by atoms with van der Waals surface area (Å²) in [7, 11) is 0. The van der Waals surface area contributed by atoms with Crippen molar-refractivity contribution >= 4 is 11.9 Å². The summed E-state index contributed by atoms with van der Waals surface area (Å²) in [5.41, 5.74) is 2.34. The third kappa shape index (κ3) is 11.4. The van der Waals surface area contributed by atoms with E-state index in [1.165, 1.54) is 37.0 Å². The van der Waals surface area contributed by atoms with Crippen LogP contribution in [0.3, 0.4) is 0 Å². The monoisotopic (exact) mass is 680 g/mol. The highest BCUT2D eigenvalue weighted by atomic mass is 16.5. The Morgan fingerprint density at radius 2 is 1.38 bits per heavy atom. The summed E-state index contributed by atoms with van der Waals surface area (Å²) < 4.78 is 18.7. The number of hydrogen-bond acceptors (Lipinski definition) is 5. The van der Waals surface area contributed by atoms with Crippen molar-refractivity contribution in [3.05, 3.63) is 119 Å². The van der Waals surface area contributed by atoms with E-state index in [9.17, 15) is 19.8 Å². The number of carboxylic acid groups (broad SMARTS) is 2. The number of benzene rings is 4. The molecule has 0 saturated carbocycles. The number of carboxylic acids is 2. The van der Waals surface area contributed by atoms with E-state index in [2.05, 4.69) is 52.8 Å². The molecule has 0 bridgehead atoms. The number of rotatable bonds is 20. The molecule has 3 unspecified atom stereocenters. The van der Waals surface area contributed by atoms with Crippen LogP contribution in [0.25, 0.3) is 0 Å². The fraction of sp³-hybridized carbons (Fsp3) is 0.395. The summed E-state index contributed by atoms with van der Waals surface area (Å²) in [5, 5.41) is 20.0. The Hall–Kier alpha value is -4.78. The van der Waals surface area contributed by atoms with E-state index in [0.717, 1.165) is 48.5 Å². The smallest absolute Gasteiger partial charge is 0.340 e. The minimum absolute atomic E-state index is 0.00607. The molecule has 3 atom stereocenters. The van der Waals surface area contributed by atoms with Gasteiger partial charge in [-0.25, -0.2) is 9.59 Å². The number of carbonyl (C=O) groups is 2. The Morgan fingerprint density at radius 3 is 2.04 bits per heavy atom. The molecule has 7 heteroatoms. The molecule has 0 spiro atoms. The zero-order chi connectivity index (χ0) is 36.0. The summed E-state index contributed by atoms with van der Waals surface area (Å²) in [6, 6.07) is 28.4. The van der Waals surface area contributed by atoms with Crippen LogP contribution in [-0.2, 0) is 13.0 Å². The van der Waals surface area contributed by atoms with Gasteiger partial charge in [-0.05, 0) is 90.1 Å². The second kappa shape index (κ2) is 18.8. The van der Waals surface area contributed by atoms with Gasteiger partial charge >= 0.3 is 11.9 Å². The lowest BCUT2D eigenvalue weighted by Gasteiger charge is -2.26. The van der Waals surface area contributed by atoms with Gasteiger partial charge in [0.05, 0.1) is 5.56 Å². The first-order valence-corrected chi connectivity index (χ1v) is 17.9. The Kier molecular flexibility index (Phi) is 14.3. The normalized spacial score (nSPS) is 13.0. The van der Waals surface area contributed by atoms with Gasteiger partial charge < -0.3 is 24.4 Å². The largest absolute Gasteiger partial charge is 0.486 e. The molecule has 0 saturated heterocycles. The third-order valence-corrected chi connectivity index (χ3v) is 9.31. The molecule has 0 heterocycles. The van der Waals surface area contributed by atoms with Gasteiger partial charge in [0.25, 0.3) is 0 Å². The van der Waals surface area contributed by atoms with E-state index in [1.807, 2.05) is 60.7 Å². The van der Waals surface area contributed by atoms with Crippen LogP contribution >= 0.6 is 0 Å². The van der Waals surface area contributed by atoms with Crippen molar-refractivity contribution in [2.24, 2.45) is 17.8 Å². The maximum absolute atomic E-state index is 12.4. The molecule has 0 aliphatic heterocycles. The van der Waals surface area contributed by atoms with Gasteiger partial charge in [0.15, 0.2) is 11.5 Å². The molecule has 0 aromatic heterocycles. The van der Waals surface area contributed by atoms with Crippen LogP contribution in [0.2, 0.25) is 0 Å². The Bertz CT molecular complexity index is 1660. The number of ether oxygens (including phenoxy) is 3. The maximum Gasteiger partial charge on any atom is 0.340 e. The molecular formula is C43H52O7. The summed E-state index contributed by atoms with van der Waals surface area (Å²) in [6.07, 6.45) is 7.17. The van der Waals surface area contributed by atoms with Crippen molar-refractivity contribution < 1.29 is 34.0 Å². The lowest BCUT2D eigenvalue weighted by atomic mass is 9.91. The predicted molar refractivity (Wildman–Crippen MR) is 198 cm³/mol. The first-order valence-electron chi connectivity index (χ1n) is 17.9. The van der Waals surface area contributed by atoms with Crippen LogP contribution in [-0.4, -0.2) is 28.3 Å². The first-order chi connectivity index (χ1) is 24.0. The highest BCUT2D eigenvalue weighted by Gasteiger charge is 2.28. The van der Waals surface area contributed by atoms with Gasteiger partial charge in [-0.1, -0.05) is 115 Å². The zero-order valence-electron chi connectivity index (χ0n) is 30.1. The van der Waals surface area contributed by atoms with Crippen LogP contribution in [0.1, 0.15) is 111 Å². The fourth-order valence-electron chi connectivity index (χ4n) is 5.99. The van der Waals surface area contributed by atoms with Crippen LogP contribution in [0, 0.1) is 17.8 Å².